The summed E-state index contributed by atoms with van der Waals surface area (Å²) in [6.45, 7) is 2.39. The van der Waals surface area contributed by atoms with E-state index in [0.29, 0.717) is 23.8 Å². The van der Waals surface area contributed by atoms with Crippen LogP contribution in [0.15, 0.2) is 58.4 Å². The van der Waals surface area contributed by atoms with Crippen molar-refractivity contribution in [2.24, 2.45) is 4.99 Å². The molecule has 2 aromatic rings. The molecule has 0 amide bonds. The summed E-state index contributed by atoms with van der Waals surface area (Å²) in [5, 5.41) is 6.05. The summed E-state index contributed by atoms with van der Waals surface area (Å²) in [5.74, 6) is 0.931. The molecular formula is C20H24F3N3O3S. The maximum Gasteiger partial charge on any atom is 0.416 e. The van der Waals surface area contributed by atoms with Crippen LogP contribution in [-0.4, -0.2) is 40.8 Å². The van der Waals surface area contributed by atoms with E-state index >= 15 is 0 Å². The molecule has 0 fully saturated rings. The molecule has 30 heavy (non-hydrogen) atoms. The smallest absolute Gasteiger partial charge is 0.416 e. The molecule has 0 saturated carbocycles. The van der Waals surface area contributed by atoms with Crippen LogP contribution in [0.25, 0.3) is 0 Å². The number of ether oxygens (including phenoxy) is 1. The zero-order chi connectivity index (χ0) is 22.4. The number of nitrogens with one attached hydrogen (secondary N) is 2. The second-order valence-electron chi connectivity index (χ2n) is 6.58. The summed E-state index contributed by atoms with van der Waals surface area (Å²) in [4.78, 5) is 4.27. The number of benzene rings is 2. The zero-order valence-corrected chi connectivity index (χ0v) is 17.6. The summed E-state index contributed by atoms with van der Waals surface area (Å²) < 4.78 is 67.1. The summed E-state index contributed by atoms with van der Waals surface area (Å²) in [6, 6.07) is 10.8. The maximum absolute atomic E-state index is 12.9. The van der Waals surface area contributed by atoms with Gasteiger partial charge in [0.05, 0.1) is 23.0 Å². The third kappa shape index (κ3) is 6.94. The number of alkyl halides is 3. The molecule has 0 saturated heterocycles. The fourth-order valence-corrected chi connectivity index (χ4v) is 3.22. The van der Waals surface area contributed by atoms with E-state index in [1.165, 1.54) is 18.2 Å². The molecule has 2 N–H and O–H groups in total. The van der Waals surface area contributed by atoms with Gasteiger partial charge in [0, 0.05) is 13.3 Å². The van der Waals surface area contributed by atoms with Gasteiger partial charge in [-0.1, -0.05) is 12.1 Å². The van der Waals surface area contributed by atoms with Crippen molar-refractivity contribution in [3.63, 3.8) is 0 Å². The maximum atomic E-state index is 12.9. The van der Waals surface area contributed by atoms with Crippen LogP contribution >= 0.6 is 0 Å². The Morgan fingerprint density at radius 3 is 2.40 bits per heavy atom. The van der Waals surface area contributed by atoms with Crippen molar-refractivity contribution >= 4 is 15.8 Å². The van der Waals surface area contributed by atoms with Crippen molar-refractivity contribution in [1.82, 2.24) is 10.6 Å². The molecule has 2 rings (SSSR count). The average molecular weight is 443 g/mol. The Labute approximate surface area is 174 Å². The first-order valence-corrected chi connectivity index (χ1v) is 11.0. The second kappa shape index (κ2) is 9.84. The van der Waals surface area contributed by atoms with E-state index in [-0.39, 0.29) is 11.5 Å². The van der Waals surface area contributed by atoms with Gasteiger partial charge in [0.1, 0.15) is 12.4 Å². The Hall–Kier alpha value is -2.75. The molecule has 164 valence electrons. The van der Waals surface area contributed by atoms with E-state index in [1.54, 1.807) is 32.2 Å². The van der Waals surface area contributed by atoms with Crippen LogP contribution in [0.1, 0.15) is 24.1 Å². The molecule has 0 aliphatic rings. The molecule has 0 aliphatic heterocycles. The normalized spacial score (nSPS) is 13.6. The third-order valence-corrected chi connectivity index (χ3v) is 5.33. The molecule has 1 atom stereocenters. The molecule has 10 heteroatoms. The largest absolute Gasteiger partial charge is 0.492 e. The van der Waals surface area contributed by atoms with E-state index < -0.39 is 27.6 Å². The highest BCUT2D eigenvalue weighted by Gasteiger charge is 2.30. The lowest BCUT2D eigenvalue weighted by Crippen LogP contribution is -2.40. The molecule has 0 heterocycles. The van der Waals surface area contributed by atoms with E-state index in [2.05, 4.69) is 15.6 Å². The minimum absolute atomic E-state index is 0.209. The molecule has 1 unspecified atom stereocenters. The Bertz CT molecular complexity index is 975. The van der Waals surface area contributed by atoms with E-state index in [1.807, 2.05) is 0 Å². The molecule has 0 spiro atoms. The van der Waals surface area contributed by atoms with E-state index in [9.17, 15) is 21.6 Å². The van der Waals surface area contributed by atoms with Crippen LogP contribution in [0, 0.1) is 0 Å². The van der Waals surface area contributed by atoms with Gasteiger partial charge in [0.2, 0.25) is 0 Å². The highest BCUT2D eigenvalue weighted by Crippen LogP contribution is 2.30. The number of aliphatic imine (C=N–C) groups is 1. The van der Waals surface area contributed by atoms with Crippen molar-refractivity contribution in [1.29, 1.82) is 0 Å². The lowest BCUT2D eigenvalue weighted by Gasteiger charge is -2.19. The quantitative estimate of drug-likeness (QED) is 0.390. The summed E-state index contributed by atoms with van der Waals surface area (Å²) in [5.41, 5.74) is -0.220. The van der Waals surface area contributed by atoms with E-state index in [0.717, 1.165) is 18.4 Å². The molecular weight excluding hydrogens is 419 g/mol. The van der Waals surface area contributed by atoms with Gasteiger partial charge in [-0.3, -0.25) is 4.99 Å². The van der Waals surface area contributed by atoms with Gasteiger partial charge in [0.15, 0.2) is 15.8 Å². The SMILES string of the molecule is CN=C(NCCOc1ccc(S(C)(=O)=O)cc1)NC(C)c1cccc(C(F)(F)F)c1. The van der Waals surface area contributed by atoms with Crippen LogP contribution in [0.2, 0.25) is 0 Å². The summed E-state index contributed by atoms with van der Waals surface area (Å²) in [6.07, 6.45) is -3.27. The number of rotatable bonds is 7. The number of nitrogens with zero attached hydrogens (tertiary/aromatic N) is 1. The predicted molar refractivity (Wildman–Crippen MR) is 109 cm³/mol. The van der Waals surface area contributed by atoms with Crippen molar-refractivity contribution in [3.8, 4) is 5.75 Å². The van der Waals surface area contributed by atoms with Gasteiger partial charge in [0.25, 0.3) is 0 Å². The Kier molecular flexibility index (Phi) is 7.71. The molecule has 6 nitrogen and oxygen atoms in total. The lowest BCUT2D eigenvalue weighted by molar-refractivity contribution is -0.137. The van der Waals surface area contributed by atoms with Crippen molar-refractivity contribution in [2.45, 2.75) is 24.0 Å². The first-order chi connectivity index (χ1) is 14.0. The number of guanidine groups is 1. The molecule has 0 aliphatic carbocycles. The predicted octanol–water partition coefficient (Wildman–Crippen LogP) is 3.41. The van der Waals surface area contributed by atoms with Crippen molar-refractivity contribution in [3.05, 3.63) is 59.7 Å². The Morgan fingerprint density at radius 2 is 1.83 bits per heavy atom. The van der Waals surface area contributed by atoms with Crippen LogP contribution in [0.4, 0.5) is 13.2 Å². The topological polar surface area (TPSA) is 79.8 Å². The zero-order valence-electron chi connectivity index (χ0n) is 16.8. The molecule has 0 aromatic heterocycles. The standard InChI is InChI=1S/C20H24F3N3O3S/c1-14(15-5-4-6-16(13-15)20(21,22)23)26-19(24-2)25-11-12-29-17-7-9-18(10-8-17)30(3,27)28/h4-10,13-14H,11-12H2,1-3H3,(H2,24,25,26). The second-order valence-corrected chi connectivity index (χ2v) is 8.60. The molecule has 0 bridgehead atoms. The summed E-state index contributed by atoms with van der Waals surface area (Å²) >= 11 is 0. The average Bonchev–Trinajstić information content (AvgIpc) is 2.69. The number of sulfone groups is 1. The minimum Gasteiger partial charge on any atom is -0.492 e. The van der Waals surface area contributed by atoms with Crippen molar-refractivity contribution < 1.29 is 26.3 Å². The van der Waals surface area contributed by atoms with Gasteiger partial charge in [-0.05, 0) is 48.9 Å². The van der Waals surface area contributed by atoms with Gasteiger partial charge in [-0.2, -0.15) is 13.2 Å². The molecule has 0 radical (unpaired) electrons. The van der Waals surface area contributed by atoms with Gasteiger partial charge < -0.3 is 15.4 Å². The van der Waals surface area contributed by atoms with Gasteiger partial charge in [-0.25, -0.2) is 8.42 Å². The minimum atomic E-state index is -4.40. The van der Waals surface area contributed by atoms with Crippen LogP contribution in [0.5, 0.6) is 5.75 Å². The van der Waals surface area contributed by atoms with Gasteiger partial charge in [-0.15, -0.1) is 0 Å². The van der Waals surface area contributed by atoms with Crippen LogP contribution < -0.4 is 15.4 Å². The number of hydrogen-bond donors (Lipinski definition) is 2. The fraction of sp³-hybridized carbons (Fsp3) is 0.350. The van der Waals surface area contributed by atoms with Crippen molar-refractivity contribution in [2.75, 3.05) is 26.5 Å². The summed E-state index contributed by atoms with van der Waals surface area (Å²) in [7, 11) is -1.70. The van der Waals surface area contributed by atoms with Gasteiger partial charge >= 0.3 is 6.18 Å². The highest BCUT2D eigenvalue weighted by atomic mass is 32.2. The third-order valence-electron chi connectivity index (χ3n) is 4.21. The molecule has 2 aromatic carbocycles. The number of halogens is 3. The first kappa shape index (κ1) is 23.5. The fourth-order valence-electron chi connectivity index (χ4n) is 2.59. The highest BCUT2D eigenvalue weighted by molar-refractivity contribution is 7.90. The number of hydrogen-bond acceptors (Lipinski definition) is 4. The first-order valence-electron chi connectivity index (χ1n) is 9.08. The van der Waals surface area contributed by atoms with Crippen LogP contribution in [0.3, 0.4) is 0 Å². The lowest BCUT2D eigenvalue weighted by atomic mass is 10.1. The van der Waals surface area contributed by atoms with E-state index in [4.69, 9.17) is 4.74 Å². The van der Waals surface area contributed by atoms with Crippen LogP contribution in [-0.2, 0) is 16.0 Å². The Morgan fingerprint density at radius 1 is 1.17 bits per heavy atom. The monoisotopic (exact) mass is 443 g/mol. The Balaban J connectivity index is 1.85.